The molecule has 0 saturated heterocycles. The van der Waals surface area contributed by atoms with E-state index in [4.69, 9.17) is 13.3 Å². The first-order valence-corrected chi connectivity index (χ1v) is 11.2. The van der Waals surface area contributed by atoms with Gasteiger partial charge in [-0.25, -0.2) is 0 Å². The van der Waals surface area contributed by atoms with E-state index in [0.29, 0.717) is 13.0 Å². The Balaban J connectivity index is 3.99. The van der Waals surface area contributed by atoms with Crippen molar-refractivity contribution < 1.29 is 18.1 Å². The van der Waals surface area contributed by atoms with E-state index < -0.39 is 8.80 Å². The molecule has 0 rings (SSSR count). The zero-order valence-electron chi connectivity index (χ0n) is 16.7. The monoisotopic (exact) mass is 361 g/mol. The summed E-state index contributed by atoms with van der Waals surface area (Å²) >= 11 is 0. The number of hydrogen-bond donors (Lipinski definition) is 1. The zero-order chi connectivity index (χ0) is 18.5. The normalized spacial score (nSPS) is 12.4. The van der Waals surface area contributed by atoms with Gasteiger partial charge in [0.1, 0.15) is 0 Å². The van der Waals surface area contributed by atoms with Crippen LogP contribution in [0.25, 0.3) is 0 Å². The van der Waals surface area contributed by atoms with Crippen LogP contribution in [0.3, 0.4) is 0 Å². The summed E-state index contributed by atoms with van der Waals surface area (Å²) in [6, 6.07) is 0.747. The van der Waals surface area contributed by atoms with Crippen LogP contribution in [0.2, 0.25) is 6.04 Å². The van der Waals surface area contributed by atoms with Crippen molar-refractivity contribution in [1.29, 1.82) is 0 Å². The molecule has 24 heavy (non-hydrogen) atoms. The lowest BCUT2D eigenvalue weighted by atomic mass is 9.90. The quantitative estimate of drug-likeness (QED) is 0.352. The van der Waals surface area contributed by atoms with Gasteiger partial charge >= 0.3 is 8.80 Å². The minimum atomic E-state index is -2.53. The highest BCUT2D eigenvalue weighted by molar-refractivity contribution is 6.60. The Morgan fingerprint density at radius 2 is 1.50 bits per heavy atom. The third-order valence-electron chi connectivity index (χ3n) is 4.56. The third kappa shape index (κ3) is 10.4. The number of nitrogens with one attached hydrogen (secondary N) is 1. The number of carbonyl (C=O) groups is 1. The Morgan fingerprint density at radius 1 is 0.958 bits per heavy atom. The second-order valence-corrected chi connectivity index (χ2v) is 10.3. The summed E-state index contributed by atoms with van der Waals surface area (Å²) in [6.45, 7) is 7.19. The molecule has 0 spiro atoms. The van der Waals surface area contributed by atoms with E-state index in [1.165, 1.54) is 25.7 Å². The molecule has 0 aliphatic heterocycles. The number of rotatable bonds is 15. The van der Waals surface area contributed by atoms with Crippen molar-refractivity contribution in [3.8, 4) is 0 Å². The molecule has 0 bridgehead atoms. The van der Waals surface area contributed by atoms with Crippen molar-refractivity contribution in [1.82, 2.24) is 5.32 Å². The molecule has 5 nitrogen and oxygen atoms in total. The van der Waals surface area contributed by atoms with E-state index in [1.54, 1.807) is 21.3 Å². The molecule has 1 N–H and O–H groups in total. The average molecular weight is 362 g/mol. The van der Waals surface area contributed by atoms with Gasteiger partial charge in [-0.2, -0.15) is 0 Å². The van der Waals surface area contributed by atoms with Crippen LogP contribution >= 0.6 is 0 Å². The maximum absolute atomic E-state index is 12.0. The molecule has 0 fully saturated rings. The highest BCUT2D eigenvalue weighted by Gasteiger charge is 2.39. The Hall–Kier alpha value is -0.433. The first-order valence-electron chi connectivity index (χ1n) is 9.27. The molecule has 0 saturated carbocycles. The first-order chi connectivity index (χ1) is 11.3. The van der Waals surface area contributed by atoms with Gasteiger partial charge in [-0.05, 0) is 18.3 Å². The molecule has 0 aromatic heterocycles. The molecular formula is C18H39NO4Si. The SMILES string of the molecule is CCCCCCCCC(=O)NCC(C)(C)CC[Si](OC)(OC)OC. The molecule has 0 aromatic rings. The van der Waals surface area contributed by atoms with Crippen LogP contribution in [-0.2, 0) is 18.1 Å². The molecule has 0 atom stereocenters. The molecule has 6 heteroatoms. The van der Waals surface area contributed by atoms with E-state index >= 15 is 0 Å². The van der Waals surface area contributed by atoms with Gasteiger partial charge in [0.25, 0.3) is 0 Å². The Morgan fingerprint density at radius 3 is 2.04 bits per heavy atom. The van der Waals surface area contributed by atoms with Crippen LogP contribution in [0.4, 0.5) is 0 Å². The summed E-state index contributed by atoms with van der Waals surface area (Å²) in [5, 5.41) is 3.07. The number of unbranched alkanes of at least 4 members (excludes halogenated alkanes) is 5. The Labute approximate surface area is 150 Å². The predicted octanol–water partition coefficient (Wildman–Crippen LogP) is 4.15. The standard InChI is InChI=1S/C18H39NO4Si/c1-7-8-9-10-11-12-13-17(20)19-16-18(2,3)14-15-24(21-4,22-5)23-6/h7-16H2,1-6H3,(H,19,20). The summed E-state index contributed by atoms with van der Waals surface area (Å²) in [5.74, 6) is 0.160. The molecule has 0 heterocycles. The molecule has 0 aliphatic rings. The van der Waals surface area contributed by atoms with Gasteiger partial charge in [-0.1, -0.05) is 52.9 Å². The van der Waals surface area contributed by atoms with Gasteiger partial charge in [-0.3, -0.25) is 4.79 Å². The molecule has 144 valence electrons. The fraction of sp³-hybridized carbons (Fsp3) is 0.944. The maximum atomic E-state index is 12.0. The number of carbonyl (C=O) groups excluding carboxylic acids is 1. The third-order valence-corrected chi connectivity index (χ3v) is 7.29. The van der Waals surface area contributed by atoms with Crippen LogP contribution in [0.1, 0.15) is 72.1 Å². The van der Waals surface area contributed by atoms with Gasteiger partial charge in [0, 0.05) is 40.3 Å². The maximum Gasteiger partial charge on any atom is 0.500 e. The van der Waals surface area contributed by atoms with Gasteiger partial charge < -0.3 is 18.6 Å². The first kappa shape index (κ1) is 23.6. The van der Waals surface area contributed by atoms with Crippen LogP contribution in [0, 0.1) is 5.41 Å². The fourth-order valence-electron chi connectivity index (χ4n) is 2.63. The summed E-state index contributed by atoms with van der Waals surface area (Å²) in [5.41, 5.74) is -0.00930. The van der Waals surface area contributed by atoms with Crippen molar-refractivity contribution in [2.24, 2.45) is 5.41 Å². The van der Waals surface area contributed by atoms with E-state index in [1.807, 2.05) is 0 Å². The molecule has 0 aliphatic carbocycles. The van der Waals surface area contributed by atoms with E-state index in [2.05, 4.69) is 26.1 Å². The molecule has 0 unspecified atom stereocenters. The fourth-order valence-corrected chi connectivity index (χ4v) is 4.72. The van der Waals surface area contributed by atoms with Crippen LogP contribution in [0.15, 0.2) is 0 Å². The minimum absolute atomic E-state index is 0.00930. The average Bonchev–Trinajstić information content (AvgIpc) is 2.58. The topological polar surface area (TPSA) is 56.8 Å². The minimum Gasteiger partial charge on any atom is -0.377 e. The molecule has 0 radical (unpaired) electrons. The molecular weight excluding hydrogens is 322 g/mol. The zero-order valence-corrected chi connectivity index (χ0v) is 17.7. The van der Waals surface area contributed by atoms with Crippen LogP contribution in [-0.4, -0.2) is 42.6 Å². The second-order valence-electron chi connectivity index (χ2n) is 7.25. The van der Waals surface area contributed by atoms with Crippen LogP contribution < -0.4 is 5.32 Å². The number of amides is 1. The molecule has 1 amide bonds. The lowest BCUT2D eigenvalue weighted by Gasteiger charge is -2.30. The lowest BCUT2D eigenvalue weighted by molar-refractivity contribution is -0.121. The van der Waals surface area contributed by atoms with Crippen LogP contribution in [0.5, 0.6) is 0 Å². The van der Waals surface area contributed by atoms with Crippen molar-refractivity contribution in [3.05, 3.63) is 0 Å². The van der Waals surface area contributed by atoms with Gasteiger partial charge in [0.05, 0.1) is 0 Å². The molecule has 0 aromatic carbocycles. The summed E-state index contributed by atoms with van der Waals surface area (Å²) < 4.78 is 16.4. The van der Waals surface area contributed by atoms with E-state index in [-0.39, 0.29) is 11.3 Å². The Bertz CT molecular complexity index is 325. The largest absolute Gasteiger partial charge is 0.500 e. The summed E-state index contributed by atoms with van der Waals surface area (Å²) in [6.07, 6.45) is 8.74. The number of hydrogen-bond acceptors (Lipinski definition) is 4. The van der Waals surface area contributed by atoms with Gasteiger partial charge in [-0.15, -0.1) is 0 Å². The predicted molar refractivity (Wildman–Crippen MR) is 101 cm³/mol. The van der Waals surface area contributed by atoms with Crippen molar-refractivity contribution in [2.75, 3.05) is 27.9 Å². The highest BCUT2D eigenvalue weighted by atomic mass is 28.4. The lowest BCUT2D eigenvalue weighted by Crippen LogP contribution is -2.44. The van der Waals surface area contributed by atoms with E-state index in [0.717, 1.165) is 25.3 Å². The second kappa shape index (κ2) is 12.9. The summed E-state index contributed by atoms with van der Waals surface area (Å²) in [7, 11) is 2.37. The van der Waals surface area contributed by atoms with Crippen molar-refractivity contribution in [3.63, 3.8) is 0 Å². The Kier molecular flexibility index (Phi) is 12.6. The highest BCUT2D eigenvalue weighted by Crippen LogP contribution is 2.27. The van der Waals surface area contributed by atoms with Crippen molar-refractivity contribution in [2.45, 2.75) is 78.2 Å². The van der Waals surface area contributed by atoms with Crippen molar-refractivity contribution >= 4 is 14.7 Å². The van der Waals surface area contributed by atoms with Gasteiger partial charge in [0.2, 0.25) is 5.91 Å². The van der Waals surface area contributed by atoms with E-state index in [9.17, 15) is 4.79 Å². The van der Waals surface area contributed by atoms with Gasteiger partial charge in [0.15, 0.2) is 0 Å². The smallest absolute Gasteiger partial charge is 0.377 e. The summed E-state index contributed by atoms with van der Waals surface area (Å²) in [4.78, 5) is 12.0.